The van der Waals surface area contributed by atoms with Crippen LogP contribution in [0.5, 0.6) is 11.5 Å². The number of nitro benzene ring substituents is 1. The van der Waals surface area contributed by atoms with E-state index in [1.807, 2.05) is 28.5 Å². The number of hydrogen-bond donors (Lipinski definition) is 0. The highest BCUT2D eigenvalue weighted by molar-refractivity contribution is 7.89. The molecular weight excluding hydrogens is 516 g/mol. The van der Waals surface area contributed by atoms with Gasteiger partial charge in [0.25, 0.3) is 5.69 Å². The third kappa shape index (κ3) is 5.35. The van der Waals surface area contributed by atoms with Crippen LogP contribution < -0.4 is 14.4 Å². The summed E-state index contributed by atoms with van der Waals surface area (Å²) in [4.78, 5) is 17.1. The third-order valence-corrected chi connectivity index (χ3v) is 8.83. The number of rotatable bonds is 8. The molecule has 0 bridgehead atoms. The van der Waals surface area contributed by atoms with Gasteiger partial charge >= 0.3 is 0 Å². The number of nitro groups is 1. The minimum atomic E-state index is -3.89. The van der Waals surface area contributed by atoms with Crippen molar-refractivity contribution in [2.24, 2.45) is 0 Å². The van der Waals surface area contributed by atoms with Crippen molar-refractivity contribution in [1.29, 1.82) is 0 Å². The minimum Gasteiger partial charge on any atom is -0.497 e. The highest BCUT2D eigenvalue weighted by Gasteiger charge is 2.31. The van der Waals surface area contributed by atoms with Crippen LogP contribution in [-0.4, -0.2) is 63.0 Å². The molecule has 13 heteroatoms. The fourth-order valence-corrected chi connectivity index (χ4v) is 6.29. The zero-order valence-electron chi connectivity index (χ0n) is 19.0. The molecule has 186 valence electrons. The molecule has 1 saturated heterocycles. The maximum atomic E-state index is 13.0. The molecule has 10 nitrogen and oxygen atoms in total. The highest BCUT2D eigenvalue weighted by Crippen LogP contribution is 2.31. The first-order valence-electron chi connectivity index (χ1n) is 10.6. The SMILES string of the molecule is COc1ccc(Cc2csc(N3CCN(S(=O)(=O)c4ccc(Cl)c([N+](=O)[O-])c4)CC3)n2)c(OC)c1. The summed E-state index contributed by atoms with van der Waals surface area (Å²) in [5.41, 5.74) is 1.44. The molecule has 2 heterocycles. The minimum absolute atomic E-state index is 0.106. The van der Waals surface area contributed by atoms with Crippen LogP contribution in [0.25, 0.3) is 0 Å². The Morgan fingerprint density at radius 1 is 1.11 bits per heavy atom. The number of halogens is 1. The van der Waals surface area contributed by atoms with Crippen molar-refractivity contribution in [3.63, 3.8) is 0 Å². The molecule has 0 saturated carbocycles. The van der Waals surface area contributed by atoms with E-state index in [-0.39, 0.29) is 23.0 Å². The zero-order valence-corrected chi connectivity index (χ0v) is 21.4. The second-order valence-electron chi connectivity index (χ2n) is 7.74. The number of anilines is 1. The number of sulfonamides is 1. The van der Waals surface area contributed by atoms with Gasteiger partial charge in [-0.3, -0.25) is 10.1 Å². The second-order valence-corrected chi connectivity index (χ2v) is 10.9. The Labute approximate surface area is 211 Å². The predicted molar refractivity (Wildman–Crippen MR) is 134 cm³/mol. The van der Waals surface area contributed by atoms with Crippen LogP contribution in [0.2, 0.25) is 5.02 Å². The van der Waals surface area contributed by atoms with Crippen LogP contribution in [0.15, 0.2) is 46.7 Å². The van der Waals surface area contributed by atoms with Gasteiger partial charge in [-0.15, -0.1) is 11.3 Å². The van der Waals surface area contributed by atoms with Gasteiger partial charge in [0, 0.05) is 55.7 Å². The number of hydrogen-bond acceptors (Lipinski definition) is 9. The van der Waals surface area contributed by atoms with Crippen molar-refractivity contribution < 1.29 is 22.8 Å². The highest BCUT2D eigenvalue weighted by atomic mass is 35.5. The molecule has 35 heavy (non-hydrogen) atoms. The van der Waals surface area contributed by atoms with E-state index in [4.69, 9.17) is 26.1 Å². The Bertz CT molecular complexity index is 1340. The lowest BCUT2D eigenvalue weighted by molar-refractivity contribution is -0.384. The molecule has 1 fully saturated rings. The van der Waals surface area contributed by atoms with Crippen molar-refractivity contribution in [2.45, 2.75) is 11.3 Å². The number of piperazine rings is 1. The summed E-state index contributed by atoms with van der Waals surface area (Å²) in [6.07, 6.45) is 0.591. The molecule has 0 radical (unpaired) electrons. The molecule has 0 spiro atoms. The first kappa shape index (κ1) is 25.2. The van der Waals surface area contributed by atoms with Gasteiger partial charge in [-0.1, -0.05) is 17.7 Å². The van der Waals surface area contributed by atoms with E-state index in [0.29, 0.717) is 25.3 Å². The average Bonchev–Trinajstić information content (AvgIpc) is 3.33. The van der Waals surface area contributed by atoms with E-state index in [9.17, 15) is 18.5 Å². The quantitative estimate of drug-likeness (QED) is 0.314. The smallest absolute Gasteiger partial charge is 0.289 e. The van der Waals surface area contributed by atoms with Gasteiger partial charge < -0.3 is 14.4 Å². The Balaban J connectivity index is 1.43. The molecule has 0 unspecified atom stereocenters. The molecule has 0 atom stereocenters. The van der Waals surface area contributed by atoms with E-state index in [1.165, 1.54) is 27.8 Å². The van der Waals surface area contributed by atoms with Gasteiger partial charge in [-0.05, 0) is 18.2 Å². The number of methoxy groups -OCH3 is 2. The van der Waals surface area contributed by atoms with Crippen LogP contribution in [0.1, 0.15) is 11.3 Å². The summed E-state index contributed by atoms with van der Waals surface area (Å²) < 4.78 is 38.1. The monoisotopic (exact) mass is 538 g/mol. The Morgan fingerprint density at radius 3 is 2.51 bits per heavy atom. The lowest BCUT2D eigenvalue weighted by Crippen LogP contribution is -2.48. The van der Waals surface area contributed by atoms with Crippen LogP contribution in [0.3, 0.4) is 0 Å². The average molecular weight is 539 g/mol. The van der Waals surface area contributed by atoms with E-state index >= 15 is 0 Å². The molecular formula is C22H23ClN4O6S2. The summed E-state index contributed by atoms with van der Waals surface area (Å²) >= 11 is 7.32. The molecule has 0 N–H and O–H groups in total. The number of nitrogens with zero attached hydrogens (tertiary/aromatic N) is 4. The molecule has 1 aromatic heterocycles. The van der Waals surface area contributed by atoms with E-state index in [0.717, 1.165) is 28.2 Å². The topological polar surface area (TPSA) is 115 Å². The van der Waals surface area contributed by atoms with Crippen LogP contribution >= 0.6 is 22.9 Å². The fraction of sp³-hybridized carbons (Fsp3) is 0.318. The van der Waals surface area contributed by atoms with Crippen molar-refractivity contribution in [3.05, 3.63) is 68.2 Å². The van der Waals surface area contributed by atoms with Gasteiger partial charge in [-0.25, -0.2) is 13.4 Å². The van der Waals surface area contributed by atoms with Crippen molar-refractivity contribution in [2.75, 3.05) is 45.3 Å². The van der Waals surface area contributed by atoms with Crippen molar-refractivity contribution >= 4 is 43.8 Å². The molecule has 0 amide bonds. The van der Waals surface area contributed by atoms with E-state index < -0.39 is 20.6 Å². The molecule has 1 aliphatic heterocycles. The Kier molecular flexibility index (Phi) is 7.45. The Morgan fingerprint density at radius 2 is 1.86 bits per heavy atom. The molecule has 2 aromatic carbocycles. The molecule has 1 aliphatic rings. The first-order chi connectivity index (χ1) is 16.7. The lowest BCUT2D eigenvalue weighted by atomic mass is 10.1. The number of benzene rings is 2. The normalized spacial score (nSPS) is 14.7. The van der Waals surface area contributed by atoms with E-state index in [1.54, 1.807) is 14.2 Å². The number of ether oxygens (including phenoxy) is 2. The number of thiazole rings is 1. The fourth-order valence-electron chi connectivity index (χ4n) is 3.78. The lowest BCUT2D eigenvalue weighted by Gasteiger charge is -2.33. The van der Waals surface area contributed by atoms with Crippen LogP contribution in [-0.2, 0) is 16.4 Å². The largest absolute Gasteiger partial charge is 0.497 e. The molecule has 3 aromatic rings. The Hall–Kier alpha value is -2.93. The maximum Gasteiger partial charge on any atom is 0.289 e. The third-order valence-electron chi connectivity index (χ3n) is 5.67. The van der Waals surface area contributed by atoms with Crippen LogP contribution in [0.4, 0.5) is 10.8 Å². The summed E-state index contributed by atoms with van der Waals surface area (Å²) in [5.74, 6) is 1.44. The number of aromatic nitrogens is 1. The predicted octanol–water partition coefficient (Wildman–Crippen LogP) is 3.82. The van der Waals surface area contributed by atoms with E-state index in [2.05, 4.69) is 0 Å². The summed E-state index contributed by atoms with van der Waals surface area (Å²) in [6, 6.07) is 9.18. The van der Waals surface area contributed by atoms with Gasteiger partial charge in [0.15, 0.2) is 5.13 Å². The van der Waals surface area contributed by atoms with Crippen molar-refractivity contribution in [3.8, 4) is 11.5 Å². The van der Waals surface area contributed by atoms with Crippen LogP contribution in [0, 0.1) is 10.1 Å². The van der Waals surface area contributed by atoms with Crippen molar-refractivity contribution in [1.82, 2.24) is 9.29 Å². The standard InChI is InChI=1S/C22H23ClN4O6S2/c1-32-17-4-3-15(21(12-17)33-2)11-16-14-34-22(24-16)25-7-9-26(10-8-25)35(30,31)18-5-6-19(23)20(13-18)27(28)29/h3-6,12-14H,7-11H2,1-2H3. The maximum absolute atomic E-state index is 13.0. The zero-order chi connectivity index (χ0) is 25.2. The summed E-state index contributed by atoms with van der Waals surface area (Å²) in [5, 5.41) is 13.8. The summed E-state index contributed by atoms with van der Waals surface area (Å²) in [6.45, 7) is 1.38. The van der Waals surface area contributed by atoms with Gasteiger partial charge in [0.1, 0.15) is 16.5 Å². The first-order valence-corrected chi connectivity index (χ1v) is 13.3. The summed E-state index contributed by atoms with van der Waals surface area (Å²) in [7, 11) is -0.673. The molecule has 0 aliphatic carbocycles. The second kappa shape index (κ2) is 10.4. The van der Waals surface area contributed by atoms with Gasteiger partial charge in [0.2, 0.25) is 10.0 Å². The van der Waals surface area contributed by atoms with Gasteiger partial charge in [0.05, 0.1) is 29.7 Å². The van der Waals surface area contributed by atoms with Gasteiger partial charge in [-0.2, -0.15) is 4.31 Å². The molecule has 4 rings (SSSR count).